The minimum absolute atomic E-state index is 0.175. The van der Waals surface area contributed by atoms with Gasteiger partial charge in [0.25, 0.3) is 0 Å². The van der Waals surface area contributed by atoms with E-state index < -0.39 is 0 Å². The van der Waals surface area contributed by atoms with E-state index in [4.69, 9.17) is 9.72 Å². The fourth-order valence-corrected chi connectivity index (χ4v) is 4.81. The van der Waals surface area contributed by atoms with E-state index in [0.29, 0.717) is 31.0 Å². The topological polar surface area (TPSA) is 108 Å². The number of methoxy groups -OCH3 is 1. The number of aromatic amines is 1. The number of pyridine rings is 2. The van der Waals surface area contributed by atoms with Crippen molar-refractivity contribution in [2.45, 2.75) is 19.8 Å². The third-order valence-corrected chi connectivity index (χ3v) is 6.67. The molecule has 11 nitrogen and oxygen atoms in total. The SMILES string of the molecule is COc1cc(-c2[nH]nc(-c3ccc(N4CCN(C(=O)CN(C)C)CC4)cn3)c2C(C)C)cn2ncnc12. The first-order valence-electron chi connectivity index (χ1n) is 12.5. The number of anilines is 1. The van der Waals surface area contributed by atoms with E-state index in [9.17, 15) is 4.79 Å². The smallest absolute Gasteiger partial charge is 0.236 e. The molecule has 1 N–H and O–H groups in total. The summed E-state index contributed by atoms with van der Waals surface area (Å²) in [5.74, 6) is 1.02. The average Bonchev–Trinajstić information content (AvgIpc) is 3.55. The van der Waals surface area contributed by atoms with Crippen molar-refractivity contribution in [1.29, 1.82) is 0 Å². The first kappa shape index (κ1) is 24.7. The predicted octanol–water partition coefficient (Wildman–Crippen LogP) is 2.52. The van der Waals surface area contributed by atoms with Gasteiger partial charge in [-0.2, -0.15) is 10.2 Å². The number of carbonyl (C=O) groups is 1. The van der Waals surface area contributed by atoms with Crippen LogP contribution in [0.25, 0.3) is 28.3 Å². The molecule has 0 unspecified atom stereocenters. The Hall–Kier alpha value is -3.99. The van der Waals surface area contributed by atoms with Gasteiger partial charge in [0.1, 0.15) is 12.0 Å². The molecule has 0 spiro atoms. The number of rotatable bonds is 7. The molecule has 1 amide bonds. The highest BCUT2D eigenvalue weighted by molar-refractivity contribution is 5.78. The third kappa shape index (κ3) is 4.86. The van der Waals surface area contributed by atoms with E-state index in [-0.39, 0.29) is 11.8 Å². The standard InChI is InChI=1S/C26H33N9O2/c1-17(2)23-24(18-12-21(37-5)26-28-16-29-35(26)14-18)30-31-25(23)20-7-6-19(13-27-20)33-8-10-34(11-9-33)22(36)15-32(3)4/h6-7,12-14,16-17H,8-11,15H2,1-5H3,(H,30,31). The number of nitrogens with zero attached hydrogens (tertiary/aromatic N) is 8. The second-order valence-corrected chi connectivity index (χ2v) is 9.85. The predicted molar refractivity (Wildman–Crippen MR) is 142 cm³/mol. The Morgan fingerprint density at radius 3 is 2.59 bits per heavy atom. The first-order valence-corrected chi connectivity index (χ1v) is 12.5. The molecule has 4 aromatic heterocycles. The lowest BCUT2D eigenvalue weighted by atomic mass is 9.96. The van der Waals surface area contributed by atoms with Crippen molar-refractivity contribution in [3.8, 4) is 28.4 Å². The summed E-state index contributed by atoms with van der Waals surface area (Å²) in [4.78, 5) is 27.5. The number of nitrogens with one attached hydrogen (secondary N) is 1. The van der Waals surface area contributed by atoms with E-state index in [2.05, 4.69) is 45.1 Å². The Morgan fingerprint density at radius 1 is 1.16 bits per heavy atom. The second kappa shape index (κ2) is 10.2. The van der Waals surface area contributed by atoms with Gasteiger partial charge in [-0.05, 0) is 38.2 Å². The molecule has 0 bridgehead atoms. The van der Waals surface area contributed by atoms with Crippen LogP contribution in [0.4, 0.5) is 5.69 Å². The van der Waals surface area contributed by atoms with Crippen LogP contribution in [0, 0.1) is 0 Å². The molecule has 1 aliphatic rings. The first-order chi connectivity index (χ1) is 17.9. The van der Waals surface area contributed by atoms with Crippen molar-refractivity contribution >= 4 is 17.2 Å². The van der Waals surface area contributed by atoms with Crippen molar-refractivity contribution in [3.05, 3.63) is 42.5 Å². The Bertz CT molecular complexity index is 1380. The maximum Gasteiger partial charge on any atom is 0.236 e. The summed E-state index contributed by atoms with van der Waals surface area (Å²) < 4.78 is 7.26. The fraction of sp³-hybridized carbons (Fsp3) is 0.423. The van der Waals surface area contributed by atoms with Crippen LogP contribution < -0.4 is 9.64 Å². The number of amides is 1. The van der Waals surface area contributed by atoms with Crippen molar-refractivity contribution in [3.63, 3.8) is 0 Å². The molecule has 0 aliphatic carbocycles. The van der Waals surface area contributed by atoms with Crippen molar-refractivity contribution in [2.75, 3.05) is 58.8 Å². The zero-order valence-corrected chi connectivity index (χ0v) is 22.0. The van der Waals surface area contributed by atoms with Gasteiger partial charge in [0.2, 0.25) is 5.91 Å². The monoisotopic (exact) mass is 503 g/mol. The lowest BCUT2D eigenvalue weighted by molar-refractivity contribution is -0.132. The van der Waals surface area contributed by atoms with Crippen LogP contribution in [-0.2, 0) is 4.79 Å². The highest BCUT2D eigenvalue weighted by Crippen LogP contribution is 2.36. The van der Waals surface area contributed by atoms with Gasteiger partial charge in [-0.25, -0.2) is 9.50 Å². The van der Waals surface area contributed by atoms with E-state index in [1.807, 2.05) is 48.4 Å². The number of ether oxygens (including phenoxy) is 1. The zero-order valence-electron chi connectivity index (χ0n) is 22.0. The maximum atomic E-state index is 12.4. The summed E-state index contributed by atoms with van der Waals surface area (Å²) in [6, 6.07) is 6.06. The molecule has 37 heavy (non-hydrogen) atoms. The molecule has 0 atom stereocenters. The summed E-state index contributed by atoms with van der Waals surface area (Å²) in [6.45, 7) is 7.75. The molecule has 0 aromatic carbocycles. The van der Waals surface area contributed by atoms with Crippen LogP contribution in [0.15, 0.2) is 36.9 Å². The quantitative estimate of drug-likeness (QED) is 0.410. The Balaban J connectivity index is 1.38. The molecular formula is C26H33N9O2. The molecule has 5 rings (SSSR count). The van der Waals surface area contributed by atoms with Gasteiger partial charge < -0.3 is 19.4 Å². The van der Waals surface area contributed by atoms with Gasteiger partial charge in [0.15, 0.2) is 11.4 Å². The normalized spacial score (nSPS) is 14.2. The average molecular weight is 504 g/mol. The third-order valence-electron chi connectivity index (χ3n) is 6.67. The van der Waals surface area contributed by atoms with E-state index >= 15 is 0 Å². The maximum absolute atomic E-state index is 12.4. The molecule has 1 saturated heterocycles. The van der Waals surface area contributed by atoms with Gasteiger partial charge >= 0.3 is 0 Å². The minimum atomic E-state index is 0.175. The number of hydrogen-bond acceptors (Lipinski definition) is 8. The molecule has 194 valence electrons. The second-order valence-electron chi connectivity index (χ2n) is 9.85. The molecular weight excluding hydrogens is 470 g/mol. The molecule has 0 radical (unpaired) electrons. The van der Waals surface area contributed by atoms with Crippen LogP contribution in [0.3, 0.4) is 0 Å². The molecule has 5 heterocycles. The fourth-order valence-electron chi connectivity index (χ4n) is 4.81. The number of likely N-dealkylation sites (N-methyl/N-ethyl adjacent to an activating group) is 1. The summed E-state index contributed by atoms with van der Waals surface area (Å²) in [6.07, 6.45) is 5.33. The van der Waals surface area contributed by atoms with Crippen molar-refractivity contribution < 1.29 is 9.53 Å². The number of piperazine rings is 1. The summed E-state index contributed by atoms with van der Waals surface area (Å²) in [5.41, 5.74) is 6.25. The van der Waals surface area contributed by atoms with Crippen LogP contribution in [-0.4, -0.2) is 99.4 Å². The van der Waals surface area contributed by atoms with Crippen molar-refractivity contribution in [1.82, 2.24) is 39.6 Å². The van der Waals surface area contributed by atoms with Crippen LogP contribution in [0.2, 0.25) is 0 Å². The number of H-pyrrole nitrogens is 1. The Kier molecular flexibility index (Phi) is 6.79. The summed E-state index contributed by atoms with van der Waals surface area (Å²) >= 11 is 0. The highest BCUT2D eigenvalue weighted by Gasteiger charge is 2.24. The summed E-state index contributed by atoms with van der Waals surface area (Å²) in [5, 5.41) is 12.2. The number of fused-ring (bicyclic) bond motifs is 1. The molecule has 11 heteroatoms. The molecule has 4 aromatic rings. The van der Waals surface area contributed by atoms with Crippen molar-refractivity contribution in [2.24, 2.45) is 0 Å². The van der Waals surface area contributed by atoms with Gasteiger partial charge in [0.05, 0.1) is 36.9 Å². The van der Waals surface area contributed by atoms with Gasteiger partial charge in [0, 0.05) is 43.5 Å². The lowest BCUT2D eigenvalue weighted by Gasteiger charge is -2.36. The number of hydrogen-bond donors (Lipinski definition) is 1. The van der Waals surface area contributed by atoms with E-state index in [1.54, 1.807) is 11.6 Å². The largest absolute Gasteiger partial charge is 0.493 e. The van der Waals surface area contributed by atoms with Gasteiger partial charge in [-0.15, -0.1) is 0 Å². The van der Waals surface area contributed by atoms with Crippen LogP contribution in [0.1, 0.15) is 25.3 Å². The number of aromatic nitrogens is 6. The van der Waals surface area contributed by atoms with Gasteiger partial charge in [-0.3, -0.25) is 14.9 Å². The molecule has 0 saturated carbocycles. The minimum Gasteiger partial charge on any atom is -0.493 e. The molecule has 1 aliphatic heterocycles. The van der Waals surface area contributed by atoms with Gasteiger partial charge in [-0.1, -0.05) is 13.8 Å². The van der Waals surface area contributed by atoms with Crippen LogP contribution in [0.5, 0.6) is 5.75 Å². The molecule has 1 fully saturated rings. The van der Waals surface area contributed by atoms with Crippen LogP contribution >= 0.6 is 0 Å². The number of carbonyl (C=O) groups excluding carboxylic acids is 1. The lowest BCUT2D eigenvalue weighted by Crippen LogP contribution is -2.50. The Morgan fingerprint density at radius 2 is 1.95 bits per heavy atom. The summed E-state index contributed by atoms with van der Waals surface area (Å²) in [7, 11) is 5.46. The van der Waals surface area contributed by atoms with E-state index in [1.165, 1.54) is 6.33 Å². The zero-order chi connectivity index (χ0) is 26.1. The van der Waals surface area contributed by atoms with E-state index in [0.717, 1.165) is 47.0 Å². The highest BCUT2D eigenvalue weighted by atomic mass is 16.5. The Labute approximate surface area is 216 Å².